The molecule has 0 aliphatic carbocycles. The molecule has 4 amide bonds. The summed E-state index contributed by atoms with van der Waals surface area (Å²) in [7, 11) is 17.4. The molecule has 28 nitrogen and oxygen atoms in total. The van der Waals surface area contributed by atoms with Crippen LogP contribution in [0.25, 0.3) is 89.7 Å². The minimum Gasteiger partial charge on any atom is -0.496 e. The second-order valence-electron chi connectivity index (χ2n) is 24.7. The van der Waals surface area contributed by atoms with Gasteiger partial charge >= 0.3 is 17.1 Å². The van der Waals surface area contributed by atoms with E-state index < -0.39 is 0 Å². The minimum atomic E-state index is -0.265. The molecule has 5 heterocycles. The molecular weight excluding hydrogens is 1510 g/mol. The van der Waals surface area contributed by atoms with Crippen molar-refractivity contribution in [3.63, 3.8) is 0 Å². The zero-order chi connectivity index (χ0) is 80.4. The van der Waals surface area contributed by atoms with Crippen molar-refractivity contribution in [2.24, 2.45) is 0 Å². The van der Waals surface area contributed by atoms with Crippen LogP contribution in [0.3, 0.4) is 0 Å². The van der Waals surface area contributed by atoms with Gasteiger partial charge in [0, 0.05) is 134 Å². The smallest absolute Gasteiger partial charge is 0.496 e. The Hall–Kier alpha value is -12.1. The number of fused-ring (bicyclic) bond motifs is 20. The molecule has 29 heteroatoms. The Balaban J connectivity index is 0.000000190. The second kappa shape index (κ2) is 45.5. The fourth-order valence-electron chi connectivity index (χ4n) is 11.8. The van der Waals surface area contributed by atoms with Crippen LogP contribution < -0.4 is 28.9 Å². The molecule has 0 atom stereocenters. The molecule has 11 aromatic rings. The van der Waals surface area contributed by atoms with Crippen molar-refractivity contribution >= 4 is 74.2 Å². The molecule has 0 saturated heterocycles. The third kappa shape index (κ3) is 22.6. The molecular formula is C85H92CuN12O16. The predicted octanol–water partition coefficient (Wildman–Crippen LogP) is 11.3. The molecule has 0 fully saturated rings. The molecule has 599 valence electrons. The van der Waals surface area contributed by atoms with E-state index in [0.717, 1.165) is 43.8 Å². The van der Waals surface area contributed by atoms with Crippen LogP contribution in [-0.2, 0) is 55.0 Å². The number of methoxy groups -OCH3 is 10. The topological polar surface area (TPSA) is 305 Å². The molecule has 0 spiro atoms. The summed E-state index contributed by atoms with van der Waals surface area (Å²) in [6.45, 7) is 6.31. The van der Waals surface area contributed by atoms with E-state index >= 15 is 0 Å². The second-order valence-corrected chi connectivity index (χ2v) is 24.7. The minimum absolute atomic E-state index is 0. The van der Waals surface area contributed by atoms with Crippen molar-refractivity contribution in [2.45, 2.75) is 0 Å². The quantitative estimate of drug-likeness (QED) is 0.0239. The summed E-state index contributed by atoms with van der Waals surface area (Å²) >= 11 is 0. The van der Waals surface area contributed by atoms with Crippen molar-refractivity contribution < 1.29 is 93.1 Å². The molecule has 3 aromatic heterocycles. The number of hydrogen-bond donors (Lipinski definition) is 0. The van der Waals surface area contributed by atoms with E-state index in [1.54, 1.807) is 139 Å². The first-order valence-corrected chi connectivity index (χ1v) is 36.0. The van der Waals surface area contributed by atoms with Crippen molar-refractivity contribution in [2.75, 3.05) is 164 Å². The number of ether oxygens (including phenoxy) is 11. The first-order valence-electron chi connectivity index (χ1n) is 36.0. The van der Waals surface area contributed by atoms with E-state index in [1.165, 1.54) is 19.1 Å². The zero-order valence-electron chi connectivity index (χ0n) is 65.4. The fourth-order valence-corrected chi connectivity index (χ4v) is 11.8. The number of amides is 4. The maximum Gasteiger partial charge on any atom is 2.00 e. The number of para-hydroxylation sites is 4. The van der Waals surface area contributed by atoms with Crippen molar-refractivity contribution in [1.82, 2.24) is 59.5 Å². The number of nitrogens with zero attached hydrogens (tertiary/aromatic N) is 12. The Kier molecular flexibility index (Phi) is 34.9. The monoisotopic (exact) mass is 1600 g/mol. The Morgan fingerprint density at radius 3 is 0.763 bits per heavy atom. The van der Waals surface area contributed by atoms with Crippen LogP contribution in [0.2, 0.25) is 0 Å². The summed E-state index contributed by atoms with van der Waals surface area (Å²) in [6.07, 6.45) is 0. The molecule has 2 aliphatic rings. The SMILES string of the molecule is COCCN(CCOC)C(=O)c1ccccc1OC.COCCN(CCOC)C(=O)c1ccccc1OC.COCCN(CCOC)C(=O)c1ccccc1OC.COc1ccccc1C(=O)N(C)COC=O.[Cu+2].c1ccc2c(c1)-c1nc-2nc2[n-]c(nc3nc(nc4[n-]c(n1)c1ccccc41)-c1ccccc1-3)c1ccccc21. The number of hydrogen-bond acceptors (Lipinski definition) is 22. The first kappa shape index (κ1) is 87.5. The number of aromatic nitrogens is 8. The van der Waals surface area contributed by atoms with Crippen molar-refractivity contribution in [3.8, 4) is 68.5 Å². The standard InChI is InChI=1S/C32H16N8.3C14H21NO4.C11H13NO4.Cu/c1-2-10-18-17(9-1)25-33-26(18)38-28-21-13-5-6-14-22(21)30(35-28)40-32-24-16-8-7-15-23(24)31(36-32)39-29-20-12-4-3-11-19(20)27(34-29)37-25;3*1-17-10-8-15(9-11-18-2)14(16)12-6-4-5-7-13(12)19-3;1-12(7-16-8-13)11(14)9-5-3-4-6-10(9)15-2;/h1-16H;3*4-7H,8-11H2,1-3H3;3-6,8H,7H2,1-2H3;/q-2;;;;;+2. The van der Waals surface area contributed by atoms with Gasteiger partial charge in [0.15, 0.2) is 6.73 Å². The van der Waals surface area contributed by atoms with Gasteiger partial charge in [-0.05, 0) is 70.1 Å². The van der Waals surface area contributed by atoms with Crippen LogP contribution in [0.15, 0.2) is 194 Å². The number of benzene rings is 8. The summed E-state index contributed by atoms with van der Waals surface area (Å²) in [6, 6.07) is 60.3. The van der Waals surface area contributed by atoms with Crippen molar-refractivity contribution in [1.29, 1.82) is 0 Å². The molecule has 13 rings (SSSR count). The third-order valence-electron chi connectivity index (χ3n) is 17.6. The van der Waals surface area contributed by atoms with E-state index in [-0.39, 0.29) is 47.4 Å². The normalized spacial score (nSPS) is 10.7. The van der Waals surface area contributed by atoms with Gasteiger partial charge in [-0.15, -0.1) is 0 Å². The van der Waals surface area contributed by atoms with E-state index in [9.17, 15) is 24.0 Å². The van der Waals surface area contributed by atoms with Gasteiger partial charge in [-0.3, -0.25) is 24.0 Å². The zero-order valence-corrected chi connectivity index (χ0v) is 66.4. The largest absolute Gasteiger partial charge is 2.00 e. The predicted molar refractivity (Wildman–Crippen MR) is 429 cm³/mol. The first-order chi connectivity index (χ1) is 55.2. The number of rotatable bonds is 29. The molecule has 8 aromatic carbocycles. The molecule has 114 heavy (non-hydrogen) atoms. The van der Waals surface area contributed by atoms with Crippen LogP contribution in [0, 0.1) is 0 Å². The molecule has 0 saturated carbocycles. The van der Waals surface area contributed by atoms with Gasteiger partial charge in [-0.1, -0.05) is 146 Å². The summed E-state index contributed by atoms with van der Waals surface area (Å²) in [5, 5.41) is 3.57. The summed E-state index contributed by atoms with van der Waals surface area (Å²) in [4.78, 5) is 105. The van der Waals surface area contributed by atoms with E-state index in [2.05, 4.69) is 4.74 Å². The van der Waals surface area contributed by atoms with Crippen LogP contribution in [0.4, 0.5) is 0 Å². The van der Waals surface area contributed by atoms with Gasteiger partial charge in [0.1, 0.15) is 23.0 Å². The summed E-state index contributed by atoms with van der Waals surface area (Å²) in [5.41, 5.74) is 7.87. The van der Waals surface area contributed by atoms with Gasteiger partial charge in [0.2, 0.25) is 0 Å². The van der Waals surface area contributed by atoms with E-state index in [1.807, 2.05) is 133 Å². The van der Waals surface area contributed by atoms with Gasteiger partial charge in [0.05, 0.1) is 114 Å². The Labute approximate surface area is 672 Å². The third-order valence-corrected chi connectivity index (χ3v) is 17.6. The number of carbonyl (C=O) groups is 5. The van der Waals surface area contributed by atoms with Crippen LogP contribution in [-0.4, -0.2) is 243 Å². The van der Waals surface area contributed by atoms with Crippen LogP contribution in [0.1, 0.15) is 41.4 Å². The maximum atomic E-state index is 12.5. The molecule has 8 bridgehead atoms. The van der Waals surface area contributed by atoms with Gasteiger partial charge in [-0.25, -0.2) is 9.97 Å². The van der Waals surface area contributed by atoms with Crippen molar-refractivity contribution in [3.05, 3.63) is 216 Å². The molecule has 2 aliphatic heterocycles. The van der Waals surface area contributed by atoms with Gasteiger partial charge < -0.3 is 102 Å². The molecule has 0 N–H and O–H groups in total. The van der Waals surface area contributed by atoms with Gasteiger partial charge in [-0.2, -0.15) is 0 Å². The van der Waals surface area contributed by atoms with E-state index in [0.29, 0.717) is 177 Å². The average Bonchev–Trinajstić information content (AvgIpc) is 1.60. The van der Waals surface area contributed by atoms with Crippen LogP contribution in [0.5, 0.6) is 23.0 Å². The number of carbonyl (C=O) groups excluding carboxylic acids is 5. The maximum absolute atomic E-state index is 12.5. The Bertz CT molecular complexity index is 4640. The van der Waals surface area contributed by atoms with Gasteiger partial charge in [0.25, 0.3) is 30.1 Å². The molecule has 1 radical (unpaired) electrons. The Morgan fingerprint density at radius 1 is 0.316 bits per heavy atom. The summed E-state index contributed by atoms with van der Waals surface area (Å²) in [5.74, 6) is 3.93. The summed E-state index contributed by atoms with van der Waals surface area (Å²) < 4.78 is 55.4. The van der Waals surface area contributed by atoms with E-state index in [4.69, 9.17) is 87.2 Å². The fraction of sp³-hybridized carbons (Fsp3) is 0.282. The Morgan fingerprint density at radius 2 is 0.535 bits per heavy atom. The average molecular weight is 1600 g/mol. The van der Waals surface area contributed by atoms with Crippen LogP contribution >= 0.6 is 0 Å². The molecule has 0 unspecified atom stereocenters.